The molecule has 17 heavy (non-hydrogen) atoms. The van der Waals surface area contributed by atoms with Crippen LogP contribution < -0.4 is 16.0 Å². The summed E-state index contributed by atoms with van der Waals surface area (Å²) in [5.74, 6) is -0.170. The van der Waals surface area contributed by atoms with Gasteiger partial charge in [-0.15, -0.1) is 0 Å². The largest absolute Gasteiger partial charge is 0.355 e. The van der Waals surface area contributed by atoms with Gasteiger partial charge in [0.2, 0.25) is 11.8 Å². The average Bonchev–Trinajstić information content (AvgIpc) is 2.30. The zero-order chi connectivity index (χ0) is 12.9. The number of hydrogen-bond donors (Lipinski definition) is 3. The normalized spacial score (nSPS) is 26.1. The van der Waals surface area contributed by atoms with E-state index in [9.17, 15) is 9.59 Å². The lowest BCUT2D eigenvalue weighted by molar-refractivity contribution is -0.135. The van der Waals surface area contributed by atoms with Crippen LogP contribution in [0.2, 0.25) is 0 Å². The first-order valence-corrected chi connectivity index (χ1v) is 6.29. The minimum Gasteiger partial charge on any atom is -0.355 e. The molecule has 1 rings (SSSR count). The highest BCUT2D eigenvalue weighted by atomic mass is 16.2. The SMILES string of the molecule is CCNC(=O)C(C)NC(=O)C1(C)CCCNC1. The molecule has 1 saturated heterocycles. The molecule has 0 saturated carbocycles. The summed E-state index contributed by atoms with van der Waals surface area (Å²) in [5.41, 5.74) is -0.390. The zero-order valence-corrected chi connectivity index (χ0v) is 10.9. The summed E-state index contributed by atoms with van der Waals surface area (Å²) >= 11 is 0. The maximum atomic E-state index is 12.1. The Morgan fingerprint density at radius 3 is 2.71 bits per heavy atom. The fraction of sp³-hybridized carbons (Fsp3) is 0.833. The van der Waals surface area contributed by atoms with Crippen molar-refractivity contribution < 1.29 is 9.59 Å². The third kappa shape index (κ3) is 3.70. The van der Waals surface area contributed by atoms with Gasteiger partial charge in [0, 0.05) is 13.1 Å². The maximum Gasteiger partial charge on any atom is 0.242 e. The van der Waals surface area contributed by atoms with E-state index in [2.05, 4.69) is 16.0 Å². The van der Waals surface area contributed by atoms with E-state index in [0.717, 1.165) is 19.4 Å². The van der Waals surface area contributed by atoms with Gasteiger partial charge < -0.3 is 16.0 Å². The summed E-state index contributed by atoms with van der Waals surface area (Å²) in [6.45, 7) is 7.74. The number of carbonyl (C=O) groups is 2. The maximum absolute atomic E-state index is 12.1. The summed E-state index contributed by atoms with van der Waals surface area (Å²) in [4.78, 5) is 23.6. The molecule has 3 N–H and O–H groups in total. The topological polar surface area (TPSA) is 70.2 Å². The van der Waals surface area contributed by atoms with Crippen LogP contribution in [0.4, 0.5) is 0 Å². The van der Waals surface area contributed by atoms with E-state index in [1.54, 1.807) is 6.92 Å². The van der Waals surface area contributed by atoms with E-state index in [1.807, 2.05) is 13.8 Å². The molecule has 0 bridgehead atoms. The van der Waals surface area contributed by atoms with Gasteiger partial charge in [-0.3, -0.25) is 9.59 Å². The van der Waals surface area contributed by atoms with Crippen molar-refractivity contribution in [3.8, 4) is 0 Å². The number of piperidine rings is 1. The third-order valence-electron chi connectivity index (χ3n) is 3.24. The molecule has 98 valence electrons. The van der Waals surface area contributed by atoms with E-state index >= 15 is 0 Å². The Morgan fingerprint density at radius 1 is 1.47 bits per heavy atom. The molecule has 0 spiro atoms. The molecule has 0 radical (unpaired) electrons. The predicted molar refractivity (Wildman–Crippen MR) is 66.5 cm³/mol. The monoisotopic (exact) mass is 241 g/mol. The van der Waals surface area contributed by atoms with Crippen molar-refractivity contribution in [2.45, 2.75) is 39.7 Å². The first-order chi connectivity index (χ1) is 7.99. The zero-order valence-electron chi connectivity index (χ0n) is 10.9. The van der Waals surface area contributed by atoms with E-state index in [-0.39, 0.29) is 17.2 Å². The first kappa shape index (κ1) is 14.0. The number of amides is 2. The third-order valence-corrected chi connectivity index (χ3v) is 3.24. The Bertz CT molecular complexity index is 285. The van der Waals surface area contributed by atoms with Crippen molar-refractivity contribution in [3.05, 3.63) is 0 Å². The molecule has 5 nitrogen and oxygen atoms in total. The number of nitrogens with one attached hydrogen (secondary N) is 3. The number of likely N-dealkylation sites (N-methyl/N-ethyl adjacent to an activating group) is 1. The molecule has 2 unspecified atom stereocenters. The van der Waals surface area contributed by atoms with Crippen molar-refractivity contribution in [1.29, 1.82) is 0 Å². The number of hydrogen-bond acceptors (Lipinski definition) is 3. The van der Waals surface area contributed by atoms with Gasteiger partial charge in [0.25, 0.3) is 0 Å². The van der Waals surface area contributed by atoms with E-state index in [1.165, 1.54) is 0 Å². The summed E-state index contributed by atoms with van der Waals surface area (Å²) in [5, 5.41) is 8.70. The Hall–Kier alpha value is -1.10. The smallest absolute Gasteiger partial charge is 0.242 e. The van der Waals surface area contributed by atoms with Gasteiger partial charge in [0.15, 0.2) is 0 Å². The molecular weight excluding hydrogens is 218 g/mol. The fourth-order valence-electron chi connectivity index (χ4n) is 2.01. The van der Waals surface area contributed by atoms with Gasteiger partial charge in [-0.05, 0) is 40.2 Å². The Labute approximate surface area is 103 Å². The summed E-state index contributed by atoms with van der Waals surface area (Å²) < 4.78 is 0. The van der Waals surface area contributed by atoms with Crippen LogP contribution in [0.25, 0.3) is 0 Å². The second-order valence-electron chi connectivity index (χ2n) is 4.93. The molecule has 1 heterocycles. The lowest BCUT2D eigenvalue weighted by Crippen LogP contribution is -2.53. The lowest BCUT2D eigenvalue weighted by atomic mass is 9.82. The van der Waals surface area contributed by atoms with Crippen LogP contribution in [-0.2, 0) is 9.59 Å². The van der Waals surface area contributed by atoms with Gasteiger partial charge in [0.1, 0.15) is 6.04 Å². The van der Waals surface area contributed by atoms with Crippen LogP contribution >= 0.6 is 0 Å². The number of carbonyl (C=O) groups excluding carboxylic acids is 2. The van der Waals surface area contributed by atoms with Gasteiger partial charge in [-0.2, -0.15) is 0 Å². The predicted octanol–water partition coefficient (Wildman–Crippen LogP) is 0.0169. The van der Waals surface area contributed by atoms with Crippen molar-refractivity contribution in [1.82, 2.24) is 16.0 Å². The molecule has 2 amide bonds. The lowest BCUT2D eigenvalue weighted by Gasteiger charge is -2.33. The van der Waals surface area contributed by atoms with Gasteiger partial charge in [0.05, 0.1) is 5.41 Å². The molecule has 1 aliphatic rings. The van der Waals surface area contributed by atoms with E-state index < -0.39 is 6.04 Å². The van der Waals surface area contributed by atoms with Crippen molar-refractivity contribution >= 4 is 11.8 Å². The van der Waals surface area contributed by atoms with Crippen LogP contribution in [0, 0.1) is 5.41 Å². The highest BCUT2D eigenvalue weighted by Gasteiger charge is 2.35. The molecule has 1 aliphatic heterocycles. The van der Waals surface area contributed by atoms with E-state index in [4.69, 9.17) is 0 Å². The Morgan fingerprint density at radius 2 is 2.18 bits per heavy atom. The molecule has 2 atom stereocenters. The van der Waals surface area contributed by atoms with Crippen molar-refractivity contribution in [3.63, 3.8) is 0 Å². The van der Waals surface area contributed by atoms with Crippen LogP contribution in [0.15, 0.2) is 0 Å². The summed E-state index contributed by atoms with van der Waals surface area (Å²) in [6, 6.07) is -0.471. The molecule has 1 fully saturated rings. The van der Waals surface area contributed by atoms with Gasteiger partial charge in [-0.1, -0.05) is 0 Å². The molecule has 5 heteroatoms. The van der Waals surface area contributed by atoms with Crippen LogP contribution in [0.5, 0.6) is 0 Å². The highest BCUT2D eigenvalue weighted by molar-refractivity contribution is 5.89. The molecule has 0 aliphatic carbocycles. The Balaban J connectivity index is 2.50. The highest BCUT2D eigenvalue weighted by Crippen LogP contribution is 2.25. The quantitative estimate of drug-likeness (QED) is 0.650. The molecule has 0 aromatic heterocycles. The van der Waals surface area contributed by atoms with Gasteiger partial charge >= 0.3 is 0 Å². The fourth-order valence-corrected chi connectivity index (χ4v) is 2.01. The summed E-state index contributed by atoms with van der Waals surface area (Å²) in [6.07, 6.45) is 1.87. The van der Waals surface area contributed by atoms with E-state index in [0.29, 0.717) is 13.1 Å². The van der Waals surface area contributed by atoms with Crippen molar-refractivity contribution in [2.75, 3.05) is 19.6 Å². The average molecular weight is 241 g/mol. The van der Waals surface area contributed by atoms with Crippen LogP contribution in [0.1, 0.15) is 33.6 Å². The Kier molecular flexibility index (Phi) is 4.93. The minimum atomic E-state index is -0.471. The molecular formula is C12H23N3O2. The second kappa shape index (κ2) is 6.00. The molecule has 0 aromatic rings. The number of rotatable bonds is 4. The molecule has 0 aromatic carbocycles. The standard InChI is InChI=1S/C12H23N3O2/c1-4-14-10(16)9(2)15-11(17)12(3)6-5-7-13-8-12/h9,13H,4-8H2,1-3H3,(H,14,16)(H,15,17). The second-order valence-corrected chi connectivity index (χ2v) is 4.93. The van der Waals surface area contributed by atoms with Crippen molar-refractivity contribution in [2.24, 2.45) is 5.41 Å². The van der Waals surface area contributed by atoms with Gasteiger partial charge in [-0.25, -0.2) is 0 Å². The minimum absolute atomic E-state index is 0.0385. The van der Waals surface area contributed by atoms with Crippen LogP contribution in [0.3, 0.4) is 0 Å². The summed E-state index contributed by atoms with van der Waals surface area (Å²) in [7, 11) is 0. The first-order valence-electron chi connectivity index (χ1n) is 6.29. The van der Waals surface area contributed by atoms with Crippen LogP contribution in [-0.4, -0.2) is 37.5 Å².